The van der Waals surface area contributed by atoms with E-state index in [-0.39, 0.29) is 6.10 Å². The largest absolute Gasteiger partial charge is 0.493 e. The summed E-state index contributed by atoms with van der Waals surface area (Å²) in [6, 6.07) is 5.84. The molecular formula is C17H21NO4. The van der Waals surface area contributed by atoms with Crippen LogP contribution in [0.2, 0.25) is 0 Å². The van der Waals surface area contributed by atoms with Gasteiger partial charge in [-0.15, -0.1) is 0 Å². The number of isocyanates is 1. The Kier molecular flexibility index (Phi) is 4.46. The van der Waals surface area contributed by atoms with Crippen LogP contribution in [0.15, 0.2) is 23.2 Å². The lowest BCUT2D eigenvalue weighted by Crippen LogP contribution is -2.20. The Bertz CT molecular complexity index is 568. The number of methoxy groups -OCH3 is 1. The Morgan fingerprint density at radius 2 is 2.14 bits per heavy atom. The van der Waals surface area contributed by atoms with Gasteiger partial charge in [0.15, 0.2) is 11.5 Å². The molecule has 1 aromatic carbocycles. The van der Waals surface area contributed by atoms with Crippen molar-refractivity contribution >= 4 is 6.08 Å². The summed E-state index contributed by atoms with van der Waals surface area (Å²) in [6.07, 6.45) is 6.62. The van der Waals surface area contributed by atoms with Gasteiger partial charge in [0, 0.05) is 6.42 Å². The molecule has 5 heteroatoms. The number of nitrogens with zero attached hydrogens (tertiary/aromatic N) is 1. The monoisotopic (exact) mass is 303 g/mol. The van der Waals surface area contributed by atoms with Crippen molar-refractivity contribution in [2.45, 2.75) is 43.7 Å². The normalized spacial score (nSPS) is 23.0. The third kappa shape index (κ3) is 2.87. The lowest BCUT2D eigenvalue weighted by Gasteiger charge is -2.24. The molecule has 0 spiro atoms. The van der Waals surface area contributed by atoms with E-state index in [1.54, 1.807) is 13.2 Å². The van der Waals surface area contributed by atoms with Crippen LogP contribution >= 0.6 is 0 Å². The summed E-state index contributed by atoms with van der Waals surface area (Å²) in [5, 5.41) is 0. The molecule has 0 amide bonds. The van der Waals surface area contributed by atoms with Gasteiger partial charge in [-0.05, 0) is 30.5 Å². The van der Waals surface area contributed by atoms with Gasteiger partial charge in [-0.25, -0.2) is 4.79 Å². The molecule has 0 bridgehead atoms. The zero-order valence-corrected chi connectivity index (χ0v) is 12.8. The maximum atomic E-state index is 10.8. The molecule has 1 aliphatic heterocycles. The number of aliphatic imine (C=N–C) groups is 1. The van der Waals surface area contributed by atoms with Crippen molar-refractivity contribution in [2.24, 2.45) is 4.99 Å². The second-order valence-corrected chi connectivity index (χ2v) is 5.91. The van der Waals surface area contributed by atoms with Crippen molar-refractivity contribution in [3.05, 3.63) is 23.8 Å². The Morgan fingerprint density at radius 3 is 2.77 bits per heavy atom. The van der Waals surface area contributed by atoms with Crippen LogP contribution in [-0.2, 0) is 15.1 Å². The van der Waals surface area contributed by atoms with E-state index >= 15 is 0 Å². The fourth-order valence-electron chi connectivity index (χ4n) is 3.35. The van der Waals surface area contributed by atoms with Crippen LogP contribution in [0.25, 0.3) is 0 Å². The van der Waals surface area contributed by atoms with E-state index in [1.807, 2.05) is 18.2 Å². The number of rotatable bonds is 5. The fourth-order valence-corrected chi connectivity index (χ4v) is 3.35. The van der Waals surface area contributed by atoms with Gasteiger partial charge >= 0.3 is 0 Å². The molecule has 0 aromatic heterocycles. The third-order valence-electron chi connectivity index (χ3n) is 4.57. The van der Waals surface area contributed by atoms with Crippen LogP contribution in [0.3, 0.4) is 0 Å². The van der Waals surface area contributed by atoms with Gasteiger partial charge in [-0.2, -0.15) is 4.99 Å². The maximum Gasteiger partial charge on any atom is 0.235 e. The Hall–Kier alpha value is -1.84. The minimum Gasteiger partial charge on any atom is -0.493 e. The number of carbonyl (C=O) groups excluding carboxylic acids is 1. The minimum absolute atomic E-state index is 0.0770. The summed E-state index contributed by atoms with van der Waals surface area (Å²) in [4.78, 5) is 14.9. The van der Waals surface area contributed by atoms with E-state index in [0.717, 1.165) is 44.3 Å². The van der Waals surface area contributed by atoms with Crippen molar-refractivity contribution in [3.63, 3.8) is 0 Å². The molecular weight excluding hydrogens is 282 g/mol. The Labute approximate surface area is 130 Å². The predicted octanol–water partition coefficient (Wildman–Crippen LogP) is 2.97. The first-order chi connectivity index (χ1) is 10.8. The lowest BCUT2D eigenvalue weighted by atomic mass is 9.88. The zero-order valence-electron chi connectivity index (χ0n) is 12.8. The van der Waals surface area contributed by atoms with Crippen LogP contribution in [0, 0.1) is 0 Å². The molecule has 1 saturated heterocycles. The first kappa shape index (κ1) is 15.1. The molecule has 1 unspecified atom stereocenters. The first-order valence-corrected chi connectivity index (χ1v) is 7.79. The molecule has 1 aromatic rings. The fraction of sp³-hybridized carbons (Fsp3) is 0.588. The number of hydrogen-bond donors (Lipinski definition) is 0. The molecule has 1 saturated carbocycles. The standard InChI is InChI=1S/C17H21NO4/c1-20-16-10-13(17(18-12-19)7-2-3-8-17)4-5-15(16)22-14-6-9-21-11-14/h4-5,10,14H,2-3,6-9,11H2,1H3. The molecule has 1 aliphatic carbocycles. The van der Waals surface area contributed by atoms with Crippen LogP contribution in [0.4, 0.5) is 0 Å². The number of ether oxygens (including phenoxy) is 3. The summed E-state index contributed by atoms with van der Waals surface area (Å²) in [7, 11) is 1.63. The maximum absolute atomic E-state index is 10.8. The first-order valence-electron chi connectivity index (χ1n) is 7.79. The van der Waals surface area contributed by atoms with Gasteiger partial charge in [0.25, 0.3) is 0 Å². The smallest absolute Gasteiger partial charge is 0.235 e. The van der Waals surface area contributed by atoms with Crippen LogP contribution < -0.4 is 9.47 Å². The molecule has 2 fully saturated rings. The van der Waals surface area contributed by atoms with E-state index < -0.39 is 5.54 Å². The highest BCUT2D eigenvalue weighted by Crippen LogP contribution is 2.44. The molecule has 5 nitrogen and oxygen atoms in total. The van der Waals surface area contributed by atoms with Crippen molar-refractivity contribution in [1.82, 2.24) is 0 Å². The molecule has 0 radical (unpaired) electrons. The molecule has 0 N–H and O–H groups in total. The summed E-state index contributed by atoms with van der Waals surface area (Å²) < 4.78 is 16.8. The van der Waals surface area contributed by atoms with E-state index in [0.29, 0.717) is 18.1 Å². The highest BCUT2D eigenvalue weighted by atomic mass is 16.6. The Morgan fingerprint density at radius 1 is 1.32 bits per heavy atom. The van der Waals surface area contributed by atoms with Crippen molar-refractivity contribution < 1.29 is 19.0 Å². The van der Waals surface area contributed by atoms with Gasteiger partial charge in [0.2, 0.25) is 6.08 Å². The average Bonchev–Trinajstić information content (AvgIpc) is 3.20. The van der Waals surface area contributed by atoms with E-state index in [4.69, 9.17) is 14.2 Å². The summed E-state index contributed by atoms with van der Waals surface area (Å²) >= 11 is 0. The van der Waals surface area contributed by atoms with Crippen molar-refractivity contribution in [2.75, 3.05) is 20.3 Å². The van der Waals surface area contributed by atoms with Gasteiger partial charge in [0.05, 0.1) is 25.9 Å². The van der Waals surface area contributed by atoms with Crippen LogP contribution in [-0.4, -0.2) is 32.5 Å². The van der Waals surface area contributed by atoms with E-state index in [2.05, 4.69) is 4.99 Å². The van der Waals surface area contributed by atoms with Gasteiger partial charge in [0.1, 0.15) is 6.10 Å². The van der Waals surface area contributed by atoms with E-state index in [9.17, 15) is 4.79 Å². The second kappa shape index (κ2) is 6.51. The predicted molar refractivity (Wildman–Crippen MR) is 81.1 cm³/mol. The highest BCUT2D eigenvalue weighted by molar-refractivity contribution is 5.47. The van der Waals surface area contributed by atoms with Crippen LogP contribution in [0.1, 0.15) is 37.7 Å². The minimum atomic E-state index is -0.440. The summed E-state index contributed by atoms with van der Waals surface area (Å²) in [6.45, 7) is 1.35. The second-order valence-electron chi connectivity index (χ2n) is 5.91. The Balaban J connectivity index is 1.88. The molecule has 118 valence electrons. The van der Waals surface area contributed by atoms with Gasteiger partial charge in [-0.3, -0.25) is 0 Å². The SMILES string of the molecule is COc1cc(C2(N=C=O)CCCC2)ccc1OC1CCOC1. The topological polar surface area (TPSA) is 57.1 Å². The zero-order chi connectivity index (χ0) is 15.4. The molecule has 1 atom stereocenters. The quantitative estimate of drug-likeness (QED) is 0.620. The summed E-state index contributed by atoms with van der Waals surface area (Å²) in [5.74, 6) is 1.39. The molecule has 3 rings (SSSR count). The highest BCUT2D eigenvalue weighted by Gasteiger charge is 2.36. The van der Waals surface area contributed by atoms with Crippen molar-refractivity contribution in [1.29, 1.82) is 0 Å². The van der Waals surface area contributed by atoms with E-state index in [1.165, 1.54) is 0 Å². The van der Waals surface area contributed by atoms with Gasteiger partial charge in [-0.1, -0.05) is 18.9 Å². The molecule has 1 heterocycles. The van der Waals surface area contributed by atoms with Crippen LogP contribution in [0.5, 0.6) is 11.5 Å². The summed E-state index contributed by atoms with van der Waals surface area (Å²) in [5.41, 5.74) is 0.560. The van der Waals surface area contributed by atoms with Crippen molar-refractivity contribution in [3.8, 4) is 11.5 Å². The lowest BCUT2D eigenvalue weighted by molar-refractivity contribution is 0.138. The third-order valence-corrected chi connectivity index (χ3v) is 4.57. The molecule has 2 aliphatic rings. The number of benzene rings is 1. The number of hydrogen-bond acceptors (Lipinski definition) is 5. The average molecular weight is 303 g/mol. The van der Waals surface area contributed by atoms with Gasteiger partial charge < -0.3 is 14.2 Å². The molecule has 22 heavy (non-hydrogen) atoms.